The van der Waals surface area contributed by atoms with Crippen molar-refractivity contribution in [2.75, 3.05) is 6.54 Å². The Morgan fingerprint density at radius 2 is 2.25 bits per heavy atom. The van der Waals surface area contributed by atoms with E-state index in [2.05, 4.69) is 13.8 Å². The highest BCUT2D eigenvalue weighted by molar-refractivity contribution is 8.26. The van der Waals surface area contributed by atoms with Crippen LogP contribution in [0.4, 0.5) is 0 Å². The number of rotatable bonds is 4. The maximum Gasteiger partial charge on any atom is 0.323 e. The summed E-state index contributed by atoms with van der Waals surface area (Å²) in [5, 5.41) is 8.76. The lowest BCUT2D eigenvalue weighted by Crippen LogP contribution is -2.33. The van der Waals surface area contributed by atoms with Gasteiger partial charge in [-0.1, -0.05) is 24.0 Å². The molecule has 1 aromatic rings. The summed E-state index contributed by atoms with van der Waals surface area (Å²) < 4.78 is 2.32. The zero-order chi connectivity index (χ0) is 14.9. The topological polar surface area (TPSA) is 62.5 Å². The Bertz CT molecular complexity index is 605. The first kappa shape index (κ1) is 14.8. The minimum absolute atomic E-state index is 0.284. The second-order valence-corrected chi connectivity index (χ2v) is 6.32. The van der Waals surface area contributed by atoms with E-state index in [0.717, 1.165) is 22.2 Å². The average Bonchev–Trinajstić information content (AvgIpc) is 2.91. The van der Waals surface area contributed by atoms with Gasteiger partial charge in [0, 0.05) is 18.4 Å². The van der Waals surface area contributed by atoms with Crippen molar-refractivity contribution in [2.24, 2.45) is 0 Å². The van der Waals surface area contributed by atoms with Gasteiger partial charge < -0.3 is 9.67 Å². The number of carboxylic acid groups (broad SMARTS) is 1. The van der Waals surface area contributed by atoms with Crippen LogP contribution in [0.15, 0.2) is 23.4 Å². The third-order valence-corrected chi connectivity index (χ3v) is 4.18. The minimum atomic E-state index is -1.08. The van der Waals surface area contributed by atoms with E-state index in [1.165, 1.54) is 0 Å². The molecular formula is C13H14N2O3S2. The van der Waals surface area contributed by atoms with Gasteiger partial charge in [0.25, 0.3) is 5.91 Å². The second-order valence-electron chi connectivity index (χ2n) is 4.65. The van der Waals surface area contributed by atoms with E-state index >= 15 is 0 Å². The number of thioether (sulfide) groups is 1. The van der Waals surface area contributed by atoms with E-state index in [-0.39, 0.29) is 10.2 Å². The Kier molecular flexibility index (Phi) is 4.29. The maximum atomic E-state index is 12.1. The molecule has 1 fully saturated rings. The largest absolute Gasteiger partial charge is 0.480 e. The van der Waals surface area contributed by atoms with Crippen LogP contribution in [0, 0.1) is 0 Å². The van der Waals surface area contributed by atoms with E-state index in [9.17, 15) is 9.59 Å². The molecule has 1 amide bonds. The van der Waals surface area contributed by atoms with Crippen LogP contribution in [0.3, 0.4) is 0 Å². The molecule has 7 heteroatoms. The molecule has 0 bridgehead atoms. The Labute approximate surface area is 126 Å². The molecule has 20 heavy (non-hydrogen) atoms. The lowest BCUT2D eigenvalue weighted by atomic mass is 10.3. The number of nitrogens with zero attached hydrogens (tertiary/aromatic N) is 2. The molecule has 0 unspecified atom stereocenters. The van der Waals surface area contributed by atoms with E-state index in [0.29, 0.717) is 10.9 Å². The molecule has 5 nitrogen and oxygen atoms in total. The molecule has 1 saturated heterocycles. The van der Waals surface area contributed by atoms with Gasteiger partial charge in [0.15, 0.2) is 0 Å². The summed E-state index contributed by atoms with van der Waals surface area (Å²) in [6, 6.07) is 2.25. The lowest BCUT2D eigenvalue weighted by molar-refractivity contribution is -0.140. The summed E-state index contributed by atoms with van der Waals surface area (Å²) in [4.78, 5) is 24.3. The maximum absolute atomic E-state index is 12.1. The Morgan fingerprint density at radius 3 is 2.80 bits per heavy atom. The molecular weight excluding hydrogens is 296 g/mol. The molecule has 1 N–H and O–H groups in total. The summed E-state index contributed by atoms with van der Waals surface area (Å²) in [5.41, 5.74) is 0.898. The number of carbonyl (C=O) groups is 2. The van der Waals surface area contributed by atoms with Gasteiger partial charge in [-0.25, -0.2) is 0 Å². The smallest absolute Gasteiger partial charge is 0.323 e. The van der Waals surface area contributed by atoms with Crippen LogP contribution in [0.5, 0.6) is 0 Å². The molecule has 0 aliphatic carbocycles. The standard InChI is InChI=1S/C13H14N2O3S2/c1-8(2)14-4-3-9(6-14)5-10-12(18)15(7-11(16)17)13(19)20-10/h3-6,8H,7H2,1-2H3,(H,16,17)/b10-5-. The first-order valence-electron chi connectivity index (χ1n) is 6.03. The van der Waals surface area contributed by atoms with Crippen LogP contribution in [-0.2, 0) is 9.59 Å². The fourth-order valence-corrected chi connectivity index (χ4v) is 3.01. The van der Waals surface area contributed by atoms with E-state index in [4.69, 9.17) is 17.3 Å². The molecule has 0 aromatic carbocycles. The molecule has 106 valence electrons. The van der Waals surface area contributed by atoms with Crippen molar-refractivity contribution >= 4 is 46.3 Å². The highest BCUT2D eigenvalue weighted by Gasteiger charge is 2.33. The fourth-order valence-electron chi connectivity index (χ4n) is 1.76. The first-order chi connectivity index (χ1) is 9.38. The van der Waals surface area contributed by atoms with Gasteiger partial charge in [-0.3, -0.25) is 14.5 Å². The monoisotopic (exact) mass is 310 g/mol. The van der Waals surface area contributed by atoms with Gasteiger partial charge in [-0.05, 0) is 31.6 Å². The highest BCUT2D eigenvalue weighted by Crippen LogP contribution is 2.32. The number of aromatic nitrogens is 1. The van der Waals surface area contributed by atoms with Crippen molar-refractivity contribution in [3.8, 4) is 0 Å². The van der Waals surface area contributed by atoms with Crippen molar-refractivity contribution in [1.82, 2.24) is 9.47 Å². The van der Waals surface area contributed by atoms with Gasteiger partial charge in [-0.15, -0.1) is 0 Å². The lowest BCUT2D eigenvalue weighted by Gasteiger charge is -2.10. The van der Waals surface area contributed by atoms with Crippen molar-refractivity contribution in [2.45, 2.75) is 19.9 Å². The van der Waals surface area contributed by atoms with Crippen molar-refractivity contribution in [1.29, 1.82) is 0 Å². The molecule has 0 spiro atoms. The van der Waals surface area contributed by atoms with E-state index in [1.54, 1.807) is 6.08 Å². The SMILES string of the molecule is CC(C)n1ccc(/C=C2\SC(=S)N(CC(=O)O)C2=O)c1. The van der Waals surface area contributed by atoms with Gasteiger partial charge in [0.2, 0.25) is 0 Å². The summed E-state index contributed by atoms with van der Waals surface area (Å²) in [7, 11) is 0. The Balaban J connectivity index is 2.20. The summed E-state index contributed by atoms with van der Waals surface area (Å²) >= 11 is 6.17. The minimum Gasteiger partial charge on any atom is -0.480 e. The number of thiocarbonyl (C=S) groups is 1. The summed E-state index contributed by atoms with van der Waals surface area (Å²) in [6.07, 6.45) is 5.61. The number of carboxylic acids is 1. The first-order valence-corrected chi connectivity index (χ1v) is 7.25. The van der Waals surface area contributed by atoms with E-state index in [1.807, 2.05) is 23.0 Å². The van der Waals surface area contributed by atoms with Crippen LogP contribution in [-0.4, -0.2) is 37.3 Å². The number of amides is 1. The number of carbonyl (C=O) groups excluding carboxylic acids is 1. The number of hydrogen-bond donors (Lipinski definition) is 1. The normalized spacial score (nSPS) is 17.6. The molecule has 0 saturated carbocycles. The second kappa shape index (κ2) is 5.80. The molecule has 0 radical (unpaired) electrons. The van der Waals surface area contributed by atoms with Gasteiger partial charge in [-0.2, -0.15) is 0 Å². The van der Waals surface area contributed by atoms with Gasteiger partial charge in [0.1, 0.15) is 10.9 Å². The van der Waals surface area contributed by atoms with Crippen LogP contribution in [0.2, 0.25) is 0 Å². The van der Waals surface area contributed by atoms with Crippen molar-refractivity contribution in [3.63, 3.8) is 0 Å². The predicted octanol–water partition coefficient (Wildman–Crippen LogP) is 2.35. The zero-order valence-electron chi connectivity index (χ0n) is 11.1. The fraction of sp³-hybridized carbons (Fsp3) is 0.308. The quantitative estimate of drug-likeness (QED) is 0.683. The van der Waals surface area contributed by atoms with Crippen LogP contribution < -0.4 is 0 Å². The third-order valence-electron chi connectivity index (χ3n) is 2.80. The molecule has 2 heterocycles. The average molecular weight is 310 g/mol. The molecule has 1 aromatic heterocycles. The van der Waals surface area contributed by atoms with Crippen LogP contribution >= 0.6 is 24.0 Å². The van der Waals surface area contributed by atoms with Crippen molar-refractivity contribution < 1.29 is 14.7 Å². The summed E-state index contributed by atoms with van der Waals surface area (Å²) in [6.45, 7) is 3.74. The molecule has 2 rings (SSSR count). The van der Waals surface area contributed by atoms with Gasteiger partial charge >= 0.3 is 5.97 Å². The van der Waals surface area contributed by atoms with Crippen LogP contribution in [0.25, 0.3) is 6.08 Å². The number of aliphatic carboxylic acids is 1. The van der Waals surface area contributed by atoms with E-state index < -0.39 is 12.5 Å². The predicted molar refractivity (Wildman–Crippen MR) is 82.3 cm³/mol. The zero-order valence-corrected chi connectivity index (χ0v) is 12.7. The molecule has 1 aliphatic heterocycles. The Morgan fingerprint density at radius 1 is 1.55 bits per heavy atom. The Hall–Kier alpha value is -1.60. The molecule has 0 atom stereocenters. The third kappa shape index (κ3) is 3.10. The number of hydrogen-bond acceptors (Lipinski definition) is 4. The van der Waals surface area contributed by atoms with Gasteiger partial charge in [0.05, 0.1) is 4.91 Å². The van der Waals surface area contributed by atoms with Crippen molar-refractivity contribution in [3.05, 3.63) is 28.9 Å². The highest BCUT2D eigenvalue weighted by atomic mass is 32.2. The van der Waals surface area contributed by atoms with Crippen LogP contribution in [0.1, 0.15) is 25.5 Å². The molecule has 1 aliphatic rings. The summed E-state index contributed by atoms with van der Waals surface area (Å²) in [5.74, 6) is -1.42.